The van der Waals surface area contributed by atoms with E-state index in [1.807, 2.05) is 34.9 Å². The second-order valence-electron chi connectivity index (χ2n) is 4.82. The van der Waals surface area contributed by atoms with Crippen molar-refractivity contribution in [2.24, 2.45) is 0 Å². The van der Waals surface area contributed by atoms with Crippen LogP contribution in [0.25, 0.3) is 28.5 Å². The summed E-state index contributed by atoms with van der Waals surface area (Å²) < 4.78 is 10.2. The van der Waals surface area contributed by atoms with Crippen LogP contribution in [0.1, 0.15) is 5.56 Å². The molecule has 0 fully saturated rings. The van der Waals surface area contributed by atoms with E-state index in [1.54, 1.807) is 0 Å². The Bertz CT molecular complexity index is 949. The molecule has 0 saturated carbocycles. The number of pyridine rings is 1. The lowest BCUT2D eigenvalue weighted by Gasteiger charge is -1.91. The first kappa shape index (κ1) is 9.33. The molecular formula is C15H10N3O+. The summed E-state index contributed by atoms with van der Waals surface area (Å²) in [6.07, 6.45) is 1.98. The van der Waals surface area contributed by atoms with Gasteiger partial charge in [-0.2, -0.15) is 4.57 Å². The van der Waals surface area contributed by atoms with Gasteiger partial charge >= 0.3 is 11.4 Å². The lowest BCUT2D eigenvalue weighted by Crippen LogP contribution is -2.30. The van der Waals surface area contributed by atoms with Crippen LogP contribution in [-0.4, -0.2) is 9.38 Å². The molecule has 4 nitrogen and oxygen atoms in total. The van der Waals surface area contributed by atoms with Gasteiger partial charge in [0.15, 0.2) is 0 Å². The topological polar surface area (TPSA) is 34.3 Å². The number of rotatable bonds is 0. The van der Waals surface area contributed by atoms with E-state index in [9.17, 15) is 0 Å². The van der Waals surface area contributed by atoms with Crippen molar-refractivity contribution in [3.05, 3.63) is 54.2 Å². The molecule has 90 valence electrons. The van der Waals surface area contributed by atoms with Crippen LogP contribution in [0.4, 0.5) is 0 Å². The molecule has 4 heterocycles. The summed E-state index contributed by atoms with van der Waals surface area (Å²) >= 11 is 0. The van der Waals surface area contributed by atoms with E-state index in [1.165, 1.54) is 11.1 Å². The van der Waals surface area contributed by atoms with Crippen LogP contribution in [0.2, 0.25) is 0 Å². The minimum atomic E-state index is 0.820. The van der Waals surface area contributed by atoms with E-state index in [0.717, 1.165) is 29.4 Å². The summed E-state index contributed by atoms with van der Waals surface area (Å²) in [6, 6.07) is 14.3. The standard InChI is InChI=1S/C15H10N3O/c1-2-6-11-10(5-1)9-18-13-15(19-14(11)18)17-8-4-3-7-12(17)16-13/h1-8H,9H2/q+1. The zero-order valence-corrected chi connectivity index (χ0v) is 10.1. The third-order valence-electron chi connectivity index (χ3n) is 3.74. The molecule has 0 saturated heterocycles. The summed E-state index contributed by atoms with van der Waals surface area (Å²) in [5.41, 5.74) is 5.12. The van der Waals surface area contributed by atoms with Crippen molar-refractivity contribution in [3.8, 4) is 11.5 Å². The van der Waals surface area contributed by atoms with Gasteiger partial charge < -0.3 is 4.42 Å². The highest BCUT2D eigenvalue weighted by molar-refractivity contribution is 5.72. The molecule has 0 N–H and O–H groups in total. The van der Waals surface area contributed by atoms with E-state index >= 15 is 0 Å². The Kier molecular flexibility index (Phi) is 1.49. The summed E-state index contributed by atoms with van der Waals surface area (Å²) in [4.78, 5) is 4.66. The van der Waals surface area contributed by atoms with Crippen LogP contribution in [-0.2, 0) is 6.54 Å². The Hall–Kier alpha value is -2.62. The predicted molar refractivity (Wildman–Crippen MR) is 69.7 cm³/mol. The average Bonchev–Trinajstić information content (AvgIpc) is 3.07. The van der Waals surface area contributed by atoms with Crippen molar-refractivity contribution < 1.29 is 8.98 Å². The van der Waals surface area contributed by atoms with Gasteiger partial charge in [0.05, 0.1) is 5.56 Å². The highest BCUT2D eigenvalue weighted by atomic mass is 16.4. The average molecular weight is 248 g/mol. The second kappa shape index (κ2) is 3.03. The van der Waals surface area contributed by atoms with E-state index in [-0.39, 0.29) is 0 Å². The van der Waals surface area contributed by atoms with E-state index in [2.05, 4.69) is 27.8 Å². The van der Waals surface area contributed by atoms with Crippen LogP contribution >= 0.6 is 0 Å². The van der Waals surface area contributed by atoms with Crippen molar-refractivity contribution in [1.82, 2.24) is 9.38 Å². The molecule has 0 bridgehead atoms. The maximum Gasteiger partial charge on any atom is 0.390 e. The van der Waals surface area contributed by atoms with Crippen molar-refractivity contribution in [2.45, 2.75) is 6.54 Å². The number of oxazole rings is 1. The number of hydrogen-bond acceptors (Lipinski definition) is 2. The van der Waals surface area contributed by atoms with Gasteiger partial charge in [0, 0.05) is 17.8 Å². The Balaban J connectivity index is 1.93. The van der Waals surface area contributed by atoms with Crippen molar-refractivity contribution in [3.63, 3.8) is 0 Å². The summed E-state index contributed by atoms with van der Waals surface area (Å²) in [6.45, 7) is 0.836. The molecule has 4 aromatic rings. The maximum atomic E-state index is 6.05. The second-order valence-corrected chi connectivity index (χ2v) is 4.82. The van der Waals surface area contributed by atoms with E-state index < -0.39 is 0 Å². The van der Waals surface area contributed by atoms with Crippen LogP contribution in [0, 0.1) is 0 Å². The normalized spacial score (nSPS) is 13.1. The highest BCUT2D eigenvalue weighted by Gasteiger charge is 2.33. The molecule has 1 aliphatic heterocycles. The number of nitrogens with zero attached hydrogens (tertiary/aromatic N) is 3. The monoisotopic (exact) mass is 248 g/mol. The maximum absolute atomic E-state index is 6.05. The van der Waals surface area contributed by atoms with Crippen molar-refractivity contribution in [1.29, 1.82) is 0 Å². The molecular weight excluding hydrogens is 238 g/mol. The molecule has 0 atom stereocenters. The third-order valence-corrected chi connectivity index (χ3v) is 3.74. The summed E-state index contributed by atoms with van der Waals surface area (Å²) in [7, 11) is 0. The number of hydrogen-bond donors (Lipinski definition) is 0. The molecule has 4 heteroatoms. The molecule has 3 aromatic heterocycles. The van der Waals surface area contributed by atoms with Gasteiger partial charge in [-0.05, 0) is 17.1 Å². The first-order valence-electron chi connectivity index (χ1n) is 6.29. The smallest absolute Gasteiger partial charge is 0.390 e. The Morgan fingerprint density at radius 3 is 3.00 bits per heavy atom. The Labute approximate surface area is 108 Å². The molecule has 0 spiro atoms. The quantitative estimate of drug-likeness (QED) is 0.394. The number of aromatic nitrogens is 3. The van der Waals surface area contributed by atoms with Crippen LogP contribution < -0.4 is 4.57 Å². The van der Waals surface area contributed by atoms with Gasteiger partial charge in [0.25, 0.3) is 11.5 Å². The largest absolute Gasteiger partial charge is 0.396 e. The predicted octanol–water partition coefficient (Wildman–Crippen LogP) is 2.40. The van der Waals surface area contributed by atoms with Gasteiger partial charge in [-0.15, -0.1) is 0 Å². The van der Waals surface area contributed by atoms with Gasteiger partial charge in [0.2, 0.25) is 0 Å². The fraction of sp³-hybridized carbons (Fsp3) is 0.0667. The minimum Gasteiger partial charge on any atom is -0.396 e. The van der Waals surface area contributed by atoms with Crippen molar-refractivity contribution >= 4 is 17.0 Å². The number of benzene rings is 1. The van der Waals surface area contributed by atoms with E-state index in [4.69, 9.17) is 4.42 Å². The first-order chi connectivity index (χ1) is 9.42. The van der Waals surface area contributed by atoms with Gasteiger partial charge in [-0.25, -0.2) is 4.40 Å². The summed E-state index contributed by atoms with van der Waals surface area (Å²) in [5, 5.41) is 0. The van der Waals surface area contributed by atoms with Crippen molar-refractivity contribution in [2.75, 3.05) is 0 Å². The molecule has 1 aliphatic rings. The molecule has 0 unspecified atom stereocenters. The zero-order chi connectivity index (χ0) is 12.4. The fourth-order valence-electron chi connectivity index (χ4n) is 2.86. The first-order valence-corrected chi connectivity index (χ1v) is 6.29. The fourth-order valence-corrected chi connectivity index (χ4v) is 2.86. The molecule has 1 aromatic carbocycles. The van der Waals surface area contributed by atoms with Gasteiger partial charge in [-0.3, -0.25) is 0 Å². The summed E-state index contributed by atoms with van der Waals surface area (Å²) in [5.74, 6) is 0.909. The Morgan fingerprint density at radius 2 is 2.00 bits per heavy atom. The number of imidazole rings is 1. The molecule has 0 radical (unpaired) electrons. The van der Waals surface area contributed by atoms with Crippen LogP contribution in [0.15, 0.2) is 53.1 Å². The molecule has 0 aliphatic carbocycles. The molecule has 0 amide bonds. The highest BCUT2D eigenvalue weighted by Crippen LogP contribution is 2.30. The zero-order valence-electron chi connectivity index (χ0n) is 10.1. The Morgan fingerprint density at radius 1 is 1.11 bits per heavy atom. The van der Waals surface area contributed by atoms with Crippen LogP contribution in [0.5, 0.6) is 0 Å². The lowest BCUT2D eigenvalue weighted by atomic mass is 10.1. The van der Waals surface area contributed by atoms with Gasteiger partial charge in [0.1, 0.15) is 6.54 Å². The molecule has 5 rings (SSSR count). The number of fused-ring (bicyclic) bond motifs is 7. The SMILES string of the molecule is c1ccc2c(c1)C[n+]1c-2oc2c1nc1ccccn12. The lowest BCUT2D eigenvalue weighted by molar-refractivity contribution is -0.651. The minimum absolute atomic E-state index is 0.820. The van der Waals surface area contributed by atoms with E-state index in [0.29, 0.717) is 0 Å². The van der Waals surface area contributed by atoms with Crippen LogP contribution in [0.3, 0.4) is 0 Å². The third kappa shape index (κ3) is 1.04. The molecule has 19 heavy (non-hydrogen) atoms. The van der Waals surface area contributed by atoms with Gasteiger partial charge in [-0.1, -0.05) is 24.3 Å².